The van der Waals surface area contributed by atoms with Crippen LogP contribution in [0.5, 0.6) is 0 Å². The van der Waals surface area contributed by atoms with Crippen LogP contribution in [0.4, 0.5) is 8.78 Å². The predicted molar refractivity (Wildman–Crippen MR) is 94.8 cm³/mol. The number of halogens is 3. The van der Waals surface area contributed by atoms with Gasteiger partial charge in [-0.1, -0.05) is 11.6 Å². The number of carbonyl (C=O) groups is 2. The van der Waals surface area contributed by atoms with E-state index in [1.165, 1.54) is 4.90 Å². The quantitative estimate of drug-likeness (QED) is 0.844. The van der Waals surface area contributed by atoms with Crippen molar-refractivity contribution in [2.75, 3.05) is 19.6 Å². The lowest BCUT2D eigenvalue weighted by atomic mass is 10.0. The van der Waals surface area contributed by atoms with Gasteiger partial charge in [-0.2, -0.15) is 0 Å². The number of hydrogen-bond acceptors (Lipinski definition) is 4. The Morgan fingerprint density at radius 1 is 1.30 bits per heavy atom. The van der Waals surface area contributed by atoms with Gasteiger partial charge in [0.2, 0.25) is 5.91 Å². The highest BCUT2D eigenvalue weighted by molar-refractivity contribution is 6.31. The highest BCUT2D eigenvalue weighted by Gasteiger charge is 2.46. The van der Waals surface area contributed by atoms with E-state index in [-0.39, 0.29) is 31.2 Å². The first-order valence-electron chi connectivity index (χ1n) is 8.65. The molecule has 2 N–H and O–H groups in total. The average molecular weight is 398 g/mol. The van der Waals surface area contributed by atoms with Crippen LogP contribution in [-0.2, 0) is 4.79 Å². The number of amides is 2. The summed E-state index contributed by atoms with van der Waals surface area (Å²) in [5, 5.41) is 1.21. The third-order valence-corrected chi connectivity index (χ3v) is 5.37. The second kappa shape index (κ2) is 6.45. The number of furan rings is 1. The van der Waals surface area contributed by atoms with Gasteiger partial charge in [0.1, 0.15) is 5.58 Å². The van der Waals surface area contributed by atoms with Crippen LogP contribution in [0.15, 0.2) is 28.7 Å². The molecule has 144 valence electrons. The number of fused-ring (bicyclic) bond motifs is 1. The zero-order chi connectivity index (χ0) is 19.3. The topological polar surface area (TPSA) is 79.8 Å². The Morgan fingerprint density at radius 3 is 2.85 bits per heavy atom. The van der Waals surface area contributed by atoms with Crippen molar-refractivity contribution in [3.63, 3.8) is 0 Å². The van der Waals surface area contributed by atoms with Crippen molar-refractivity contribution in [3.8, 4) is 0 Å². The summed E-state index contributed by atoms with van der Waals surface area (Å²) in [6, 6.07) is 5.37. The molecule has 2 aliphatic heterocycles. The van der Waals surface area contributed by atoms with Crippen LogP contribution in [0.1, 0.15) is 23.4 Å². The summed E-state index contributed by atoms with van der Waals surface area (Å²) in [5.41, 5.74) is 6.60. The maximum atomic E-state index is 13.7. The molecule has 0 aliphatic carbocycles. The van der Waals surface area contributed by atoms with Crippen molar-refractivity contribution in [2.24, 2.45) is 5.73 Å². The largest absolute Gasteiger partial charge is 0.451 e. The number of carbonyl (C=O) groups excluding carboxylic acids is 2. The van der Waals surface area contributed by atoms with Crippen molar-refractivity contribution in [1.29, 1.82) is 0 Å². The number of nitrogens with two attached hydrogens (primary N) is 1. The number of alkyl halides is 2. The Bertz CT molecular complexity index is 916. The molecular weight excluding hydrogens is 380 g/mol. The molecule has 2 amide bonds. The normalized spacial score (nSPS) is 25.4. The fourth-order valence-corrected chi connectivity index (χ4v) is 3.92. The predicted octanol–water partition coefficient (Wildman–Crippen LogP) is 2.50. The molecule has 0 saturated carbocycles. The maximum absolute atomic E-state index is 13.7. The Morgan fingerprint density at radius 2 is 2.07 bits per heavy atom. The second-order valence-corrected chi connectivity index (χ2v) is 7.55. The molecule has 6 nitrogen and oxygen atoms in total. The van der Waals surface area contributed by atoms with E-state index in [2.05, 4.69) is 0 Å². The minimum absolute atomic E-state index is 0.0968. The summed E-state index contributed by atoms with van der Waals surface area (Å²) in [4.78, 5) is 27.5. The molecule has 2 aliphatic rings. The van der Waals surface area contributed by atoms with Crippen molar-refractivity contribution in [3.05, 3.63) is 35.0 Å². The van der Waals surface area contributed by atoms with Gasteiger partial charge in [-0.25, -0.2) is 8.78 Å². The van der Waals surface area contributed by atoms with Gasteiger partial charge >= 0.3 is 0 Å². The average Bonchev–Trinajstić information content (AvgIpc) is 3.19. The summed E-state index contributed by atoms with van der Waals surface area (Å²) < 4.78 is 33.1. The van der Waals surface area contributed by atoms with Crippen molar-refractivity contribution in [2.45, 2.75) is 30.8 Å². The Balaban J connectivity index is 1.53. The zero-order valence-electron chi connectivity index (χ0n) is 14.3. The molecule has 2 aromatic rings. The van der Waals surface area contributed by atoms with E-state index in [9.17, 15) is 18.4 Å². The third kappa shape index (κ3) is 3.39. The van der Waals surface area contributed by atoms with Gasteiger partial charge in [-0.15, -0.1) is 0 Å². The monoisotopic (exact) mass is 397 g/mol. The van der Waals surface area contributed by atoms with Gasteiger partial charge < -0.3 is 20.0 Å². The van der Waals surface area contributed by atoms with Gasteiger partial charge in [0.25, 0.3) is 11.8 Å². The highest BCUT2D eigenvalue weighted by atomic mass is 35.5. The van der Waals surface area contributed by atoms with Gasteiger partial charge in [-0.05, 0) is 24.3 Å². The summed E-state index contributed by atoms with van der Waals surface area (Å²) in [6.45, 7) is -0.397. The van der Waals surface area contributed by atoms with Crippen LogP contribution in [-0.4, -0.2) is 59.3 Å². The smallest absolute Gasteiger partial charge is 0.289 e. The minimum atomic E-state index is -2.93. The third-order valence-electron chi connectivity index (χ3n) is 5.14. The number of nitrogens with zero attached hydrogens (tertiary/aromatic N) is 2. The van der Waals surface area contributed by atoms with Gasteiger partial charge in [-0.3, -0.25) is 9.59 Å². The van der Waals surface area contributed by atoms with Crippen molar-refractivity contribution >= 4 is 34.4 Å². The molecule has 1 aromatic carbocycles. The van der Waals surface area contributed by atoms with Crippen molar-refractivity contribution < 1.29 is 22.8 Å². The van der Waals surface area contributed by atoms with E-state index in [4.69, 9.17) is 21.8 Å². The lowest BCUT2D eigenvalue weighted by Crippen LogP contribution is -2.56. The number of rotatable bonds is 2. The van der Waals surface area contributed by atoms with Crippen LogP contribution >= 0.6 is 11.6 Å². The Kier molecular flexibility index (Phi) is 4.35. The number of likely N-dealkylation sites (tertiary alicyclic amines) is 2. The molecule has 3 heterocycles. The number of piperidine rings is 1. The molecule has 0 bridgehead atoms. The summed E-state index contributed by atoms with van der Waals surface area (Å²) in [5.74, 6) is -3.55. The van der Waals surface area contributed by atoms with Crippen LogP contribution in [0, 0.1) is 0 Å². The second-order valence-electron chi connectivity index (χ2n) is 7.11. The minimum Gasteiger partial charge on any atom is -0.451 e. The first kappa shape index (κ1) is 18.2. The summed E-state index contributed by atoms with van der Waals surface area (Å²) >= 11 is 5.94. The SMILES string of the molecule is NC1CN(C(=O)c2cc3cc(Cl)ccc3o2)CC1N1CC(F)(F)CCC1=O. The van der Waals surface area contributed by atoms with Gasteiger partial charge in [0.15, 0.2) is 5.76 Å². The molecule has 1 aromatic heterocycles. The lowest BCUT2D eigenvalue weighted by Gasteiger charge is -2.37. The molecule has 2 atom stereocenters. The van der Waals surface area contributed by atoms with E-state index in [0.717, 1.165) is 4.90 Å². The lowest BCUT2D eigenvalue weighted by molar-refractivity contribution is -0.150. The van der Waals surface area contributed by atoms with Crippen LogP contribution in [0.2, 0.25) is 5.02 Å². The maximum Gasteiger partial charge on any atom is 0.289 e. The van der Waals surface area contributed by atoms with Crippen LogP contribution in [0.3, 0.4) is 0 Å². The molecule has 2 fully saturated rings. The molecule has 0 spiro atoms. The van der Waals surface area contributed by atoms with E-state index in [0.29, 0.717) is 16.0 Å². The van der Waals surface area contributed by atoms with E-state index >= 15 is 0 Å². The molecule has 2 saturated heterocycles. The van der Waals surface area contributed by atoms with E-state index in [1.54, 1.807) is 24.3 Å². The fourth-order valence-electron chi connectivity index (χ4n) is 3.73. The van der Waals surface area contributed by atoms with Crippen molar-refractivity contribution in [1.82, 2.24) is 9.80 Å². The molecule has 0 radical (unpaired) electrons. The van der Waals surface area contributed by atoms with Crippen LogP contribution < -0.4 is 5.73 Å². The molecule has 2 unspecified atom stereocenters. The molecule has 4 rings (SSSR count). The summed E-state index contributed by atoms with van der Waals surface area (Å²) in [7, 11) is 0. The fraction of sp³-hybridized carbons (Fsp3) is 0.444. The number of benzene rings is 1. The Hall–Kier alpha value is -2.19. The number of hydrogen-bond donors (Lipinski definition) is 1. The first-order chi connectivity index (χ1) is 12.7. The molecular formula is C18H18ClF2N3O3. The highest BCUT2D eigenvalue weighted by Crippen LogP contribution is 2.31. The molecule has 9 heteroatoms. The van der Waals surface area contributed by atoms with Gasteiger partial charge in [0.05, 0.1) is 12.6 Å². The summed E-state index contributed by atoms with van der Waals surface area (Å²) in [6.07, 6.45) is -0.664. The van der Waals surface area contributed by atoms with E-state index < -0.39 is 36.9 Å². The first-order valence-corrected chi connectivity index (χ1v) is 9.02. The zero-order valence-corrected chi connectivity index (χ0v) is 15.1. The molecule has 27 heavy (non-hydrogen) atoms. The van der Waals surface area contributed by atoms with E-state index in [1.807, 2.05) is 0 Å². The Labute approximate surface area is 158 Å². The van der Waals surface area contributed by atoms with Crippen LogP contribution in [0.25, 0.3) is 11.0 Å². The standard InChI is InChI=1S/C18H18ClF2N3O3/c19-11-1-2-14-10(5-11)6-15(27-14)17(26)23-7-12(22)13(8-23)24-9-18(20,21)4-3-16(24)25/h1-2,5-6,12-13H,3-4,7-9,22H2. The van der Waals surface area contributed by atoms with Gasteiger partial charge in [0, 0.05) is 42.4 Å².